The molecule has 1 atom stereocenters. The van der Waals surface area contributed by atoms with E-state index in [1.807, 2.05) is 7.05 Å². The van der Waals surface area contributed by atoms with E-state index in [4.69, 9.17) is 4.74 Å². The van der Waals surface area contributed by atoms with Crippen LogP contribution in [0.2, 0.25) is 0 Å². The molecule has 0 bridgehead atoms. The number of ether oxygens (including phenoxy) is 1. The van der Waals surface area contributed by atoms with Crippen LogP contribution in [0.15, 0.2) is 59.6 Å². The number of likely N-dealkylation sites (tertiary alicyclic amines) is 2. The number of rotatable bonds is 6. The second kappa shape index (κ2) is 10.7. The molecule has 2 aromatic rings. The van der Waals surface area contributed by atoms with Crippen LogP contribution in [0.4, 0.5) is 0 Å². The number of benzene rings is 2. The summed E-state index contributed by atoms with van der Waals surface area (Å²) in [6, 6.07) is 19.4. The Labute approximate surface area is 187 Å². The van der Waals surface area contributed by atoms with Crippen LogP contribution in [0.1, 0.15) is 36.3 Å². The fraction of sp³-hybridized carbons (Fsp3) is 0.500. The second-order valence-corrected chi connectivity index (χ2v) is 8.84. The van der Waals surface area contributed by atoms with E-state index >= 15 is 0 Å². The molecule has 2 aliphatic rings. The molecule has 1 unspecified atom stereocenters. The van der Waals surface area contributed by atoms with Gasteiger partial charge >= 0.3 is 0 Å². The van der Waals surface area contributed by atoms with E-state index < -0.39 is 0 Å². The maximum atomic E-state index is 5.26. The average Bonchev–Trinajstić information content (AvgIpc) is 3.32. The van der Waals surface area contributed by atoms with Crippen molar-refractivity contribution >= 4 is 5.96 Å². The molecule has 4 rings (SSSR count). The Balaban J connectivity index is 1.20. The fourth-order valence-electron chi connectivity index (χ4n) is 4.86. The predicted octanol–water partition coefficient (Wildman–Crippen LogP) is 3.97. The summed E-state index contributed by atoms with van der Waals surface area (Å²) in [6.07, 6.45) is 3.69. The van der Waals surface area contributed by atoms with Crippen molar-refractivity contribution in [3.63, 3.8) is 0 Å². The van der Waals surface area contributed by atoms with E-state index in [-0.39, 0.29) is 0 Å². The highest BCUT2D eigenvalue weighted by atomic mass is 16.5. The SMILES string of the molecule is CN=C(NCC1CCN(Cc2ccc(OC)cc2)CC1)N1CCC(c2ccccc2)C1. The van der Waals surface area contributed by atoms with E-state index in [2.05, 4.69) is 74.7 Å². The molecule has 0 saturated carbocycles. The number of hydrogen-bond acceptors (Lipinski definition) is 3. The summed E-state index contributed by atoms with van der Waals surface area (Å²) in [5, 5.41) is 3.67. The molecule has 0 aromatic heterocycles. The molecular formula is C26H36N4O. The maximum Gasteiger partial charge on any atom is 0.193 e. The van der Waals surface area contributed by atoms with Crippen molar-refractivity contribution in [3.8, 4) is 5.75 Å². The van der Waals surface area contributed by atoms with Gasteiger partial charge in [-0.3, -0.25) is 9.89 Å². The normalized spacial score (nSPS) is 20.8. The Morgan fingerprint density at radius 3 is 2.42 bits per heavy atom. The lowest BCUT2D eigenvalue weighted by Crippen LogP contribution is -2.44. The molecule has 2 fully saturated rings. The van der Waals surface area contributed by atoms with E-state index in [1.54, 1.807) is 7.11 Å². The summed E-state index contributed by atoms with van der Waals surface area (Å²) in [7, 11) is 3.63. The van der Waals surface area contributed by atoms with Gasteiger partial charge in [0.2, 0.25) is 0 Å². The Morgan fingerprint density at radius 2 is 1.74 bits per heavy atom. The van der Waals surface area contributed by atoms with Crippen molar-refractivity contribution in [2.75, 3.05) is 46.9 Å². The van der Waals surface area contributed by atoms with Crippen molar-refractivity contribution in [2.45, 2.75) is 31.7 Å². The van der Waals surface area contributed by atoms with Crippen LogP contribution in [0.25, 0.3) is 0 Å². The first-order valence-electron chi connectivity index (χ1n) is 11.6. The van der Waals surface area contributed by atoms with Gasteiger partial charge in [0, 0.05) is 39.1 Å². The number of nitrogens with one attached hydrogen (secondary N) is 1. The fourth-order valence-corrected chi connectivity index (χ4v) is 4.86. The minimum Gasteiger partial charge on any atom is -0.497 e. The lowest BCUT2D eigenvalue weighted by molar-refractivity contribution is 0.177. The van der Waals surface area contributed by atoms with E-state index in [1.165, 1.54) is 30.4 Å². The first-order valence-corrected chi connectivity index (χ1v) is 11.6. The third-order valence-corrected chi connectivity index (χ3v) is 6.79. The molecule has 2 aromatic carbocycles. The number of piperidine rings is 1. The summed E-state index contributed by atoms with van der Waals surface area (Å²) in [6.45, 7) is 6.52. The van der Waals surface area contributed by atoms with E-state index in [0.29, 0.717) is 5.92 Å². The van der Waals surface area contributed by atoms with Gasteiger partial charge in [0.05, 0.1) is 7.11 Å². The summed E-state index contributed by atoms with van der Waals surface area (Å²) in [4.78, 5) is 9.57. The minimum absolute atomic E-state index is 0.612. The largest absolute Gasteiger partial charge is 0.497 e. The standard InChI is InChI=1S/C26H36N4O/c1-27-26(30-17-14-24(20-30)23-6-4-3-5-7-23)28-18-21-12-15-29(16-13-21)19-22-8-10-25(31-2)11-9-22/h3-11,21,24H,12-20H2,1-2H3,(H,27,28). The zero-order valence-electron chi connectivity index (χ0n) is 19.0. The maximum absolute atomic E-state index is 5.26. The predicted molar refractivity (Wildman–Crippen MR) is 128 cm³/mol. The van der Waals surface area contributed by atoms with Gasteiger partial charge in [-0.05, 0) is 61.5 Å². The highest BCUT2D eigenvalue weighted by Crippen LogP contribution is 2.27. The lowest BCUT2D eigenvalue weighted by atomic mass is 9.96. The van der Waals surface area contributed by atoms with Crippen LogP contribution in [0.5, 0.6) is 5.75 Å². The molecule has 5 heteroatoms. The quantitative estimate of drug-likeness (QED) is 0.567. The lowest BCUT2D eigenvalue weighted by Gasteiger charge is -2.33. The third kappa shape index (κ3) is 5.79. The Kier molecular flexibility index (Phi) is 7.47. The molecule has 0 radical (unpaired) electrons. The topological polar surface area (TPSA) is 40.1 Å². The second-order valence-electron chi connectivity index (χ2n) is 8.84. The van der Waals surface area contributed by atoms with Crippen molar-refractivity contribution in [1.29, 1.82) is 0 Å². The molecule has 31 heavy (non-hydrogen) atoms. The van der Waals surface area contributed by atoms with Crippen molar-refractivity contribution < 1.29 is 4.74 Å². The molecule has 1 N–H and O–H groups in total. The summed E-state index contributed by atoms with van der Waals surface area (Å²) < 4.78 is 5.26. The van der Waals surface area contributed by atoms with Crippen LogP contribution in [0.3, 0.4) is 0 Å². The van der Waals surface area contributed by atoms with Crippen molar-refractivity contribution in [2.24, 2.45) is 10.9 Å². The summed E-state index contributed by atoms with van der Waals surface area (Å²) in [5.74, 6) is 3.33. The van der Waals surface area contributed by atoms with Crippen molar-refractivity contribution in [3.05, 3.63) is 65.7 Å². The first kappa shape index (κ1) is 21.7. The molecular weight excluding hydrogens is 384 g/mol. The smallest absolute Gasteiger partial charge is 0.193 e. The third-order valence-electron chi connectivity index (χ3n) is 6.79. The number of aliphatic imine (C=N–C) groups is 1. The average molecular weight is 421 g/mol. The minimum atomic E-state index is 0.612. The molecule has 0 spiro atoms. The van der Waals surface area contributed by atoms with Crippen LogP contribution in [-0.2, 0) is 6.54 Å². The van der Waals surface area contributed by atoms with Gasteiger partial charge in [-0.1, -0.05) is 42.5 Å². The number of hydrogen-bond donors (Lipinski definition) is 1. The number of guanidine groups is 1. The van der Waals surface area contributed by atoms with E-state index in [9.17, 15) is 0 Å². The van der Waals surface area contributed by atoms with Gasteiger partial charge in [0.1, 0.15) is 5.75 Å². The molecule has 166 valence electrons. The number of nitrogens with zero attached hydrogens (tertiary/aromatic N) is 3. The Bertz CT molecular complexity index is 828. The van der Waals surface area contributed by atoms with E-state index in [0.717, 1.165) is 56.9 Å². The highest BCUT2D eigenvalue weighted by molar-refractivity contribution is 5.80. The molecule has 5 nitrogen and oxygen atoms in total. The van der Waals surface area contributed by atoms with Gasteiger partial charge in [-0.25, -0.2) is 0 Å². The van der Waals surface area contributed by atoms with Crippen LogP contribution >= 0.6 is 0 Å². The van der Waals surface area contributed by atoms with Crippen LogP contribution in [-0.4, -0.2) is 62.6 Å². The number of methoxy groups -OCH3 is 1. The van der Waals surface area contributed by atoms with Gasteiger partial charge in [-0.15, -0.1) is 0 Å². The molecule has 2 heterocycles. The van der Waals surface area contributed by atoms with Gasteiger partial charge < -0.3 is 15.0 Å². The van der Waals surface area contributed by atoms with Gasteiger partial charge in [-0.2, -0.15) is 0 Å². The summed E-state index contributed by atoms with van der Waals surface area (Å²) >= 11 is 0. The monoisotopic (exact) mass is 420 g/mol. The molecule has 2 aliphatic heterocycles. The van der Waals surface area contributed by atoms with Crippen molar-refractivity contribution in [1.82, 2.24) is 15.1 Å². The first-order chi connectivity index (χ1) is 15.2. The van der Waals surface area contributed by atoms with Crippen LogP contribution in [0, 0.1) is 5.92 Å². The Morgan fingerprint density at radius 1 is 1.00 bits per heavy atom. The van der Waals surface area contributed by atoms with Gasteiger partial charge in [0.25, 0.3) is 0 Å². The molecule has 0 amide bonds. The summed E-state index contributed by atoms with van der Waals surface area (Å²) in [5.41, 5.74) is 2.81. The van der Waals surface area contributed by atoms with Crippen LogP contribution < -0.4 is 10.1 Å². The molecule has 2 saturated heterocycles. The Hall–Kier alpha value is -2.53. The molecule has 0 aliphatic carbocycles. The zero-order valence-corrected chi connectivity index (χ0v) is 19.0. The van der Waals surface area contributed by atoms with Gasteiger partial charge in [0.15, 0.2) is 5.96 Å². The zero-order chi connectivity index (χ0) is 21.5. The highest BCUT2D eigenvalue weighted by Gasteiger charge is 2.26.